The third-order valence-corrected chi connectivity index (χ3v) is 3.20. The van der Waals surface area contributed by atoms with Gasteiger partial charge in [-0.05, 0) is 37.6 Å². The predicted molar refractivity (Wildman–Crippen MR) is 72.8 cm³/mol. The monoisotopic (exact) mass is 280 g/mol. The van der Waals surface area contributed by atoms with E-state index in [2.05, 4.69) is 10.3 Å². The zero-order chi connectivity index (χ0) is 14.0. The van der Waals surface area contributed by atoms with E-state index in [-0.39, 0.29) is 10.6 Å². The van der Waals surface area contributed by atoms with Gasteiger partial charge in [-0.15, -0.1) is 0 Å². The van der Waals surface area contributed by atoms with Crippen molar-refractivity contribution in [1.82, 2.24) is 10.3 Å². The molecule has 0 atom stereocenters. The number of carbonyl (C=O) groups is 1. The molecule has 0 saturated heterocycles. The van der Waals surface area contributed by atoms with Gasteiger partial charge in [-0.25, -0.2) is 4.39 Å². The van der Waals surface area contributed by atoms with Crippen LogP contribution in [0, 0.1) is 19.7 Å². The summed E-state index contributed by atoms with van der Waals surface area (Å²) in [5.74, 6) is -1.13. The van der Waals surface area contributed by atoms with Gasteiger partial charge in [0.25, 0.3) is 5.91 Å². The molecule has 1 aromatic carbocycles. The zero-order valence-electron chi connectivity index (χ0n) is 10.7. The van der Waals surface area contributed by atoms with Crippen molar-refractivity contribution >= 4 is 17.5 Å². The number of nitrogens with one attached hydrogen (secondary N) is 2. The Bertz CT molecular complexity index is 602. The molecule has 2 aromatic rings. The largest absolute Gasteiger partial charge is 0.362 e. The van der Waals surface area contributed by atoms with E-state index in [9.17, 15) is 9.18 Å². The number of halogens is 2. The molecule has 3 nitrogen and oxygen atoms in total. The van der Waals surface area contributed by atoms with E-state index in [1.165, 1.54) is 18.2 Å². The van der Waals surface area contributed by atoms with Crippen molar-refractivity contribution in [2.75, 3.05) is 0 Å². The molecule has 1 aromatic heterocycles. The lowest BCUT2D eigenvalue weighted by molar-refractivity contribution is 0.0947. The summed E-state index contributed by atoms with van der Waals surface area (Å²) in [5, 5.41) is 2.78. The van der Waals surface area contributed by atoms with Gasteiger partial charge in [-0.2, -0.15) is 0 Å². The maximum Gasteiger partial charge on any atom is 0.256 e. The fourth-order valence-electron chi connectivity index (χ4n) is 1.94. The molecule has 1 amide bonds. The Balaban J connectivity index is 2.12. The van der Waals surface area contributed by atoms with E-state index >= 15 is 0 Å². The minimum Gasteiger partial charge on any atom is -0.362 e. The molecule has 0 fully saturated rings. The predicted octanol–water partition coefficient (Wildman–Crippen LogP) is 3.35. The second kappa shape index (κ2) is 5.45. The van der Waals surface area contributed by atoms with Crippen LogP contribution in [-0.4, -0.2) is 10.9 Å². The van der Waals surface area contributed by atoms with Crippen molar-refractivity contribution in [2.24, 2.45) is 0 Å². The molecule has 100 valence electrons. The number of hydrogen-bond donors (Lipinski definition) is 2. The first kappa shape index (κ1) is 13.6. The topological polar surface area (TPSA) is 44.9 Å². The molecule has 2 rings (SSSR count). The molecular weight excluding hydrogens is 267 g/mol. The second-order valence-corrected chi connectivity index (χ2v) is 4.79. The van der Waals surface area contributed by atoms with Gasteiger partial charge in [0.15, 0.2) is 0 Å². The smallest absolute Gasteiger partial charge is 0.256 e. The Morgan fingerprint density at radius 2 is 2.16 bits per heavy atom. The molecule has 0 aliphatic carbocycles. The minimum atomic E-state index is -0.619. The normalized spacial score (nSPS) is 10.5. The quantitative estimate of drug-likeness (QED) is 0.890. The van der Waals surface area contributed by atoms with Crippen molar-refractivity contribution in [1.29, 1.82) is 0 Å². The second-order valence-electron chi connectivity index (χ2n) is 4.38. The Morgan fingerprint density at radius 3 is 2.74 bits per heavy atom. The average molecular weight is 281 g/mol. The lowest BCUT2D eigenvalue weighted by Gasteiger charge is -2.07. The number of aromatic nitrogens is 1. The number of H-pyrrole nitrogens is 1. The minimum absolute atomic E-state index is 0.111. The van der Waals surface area contributed by atoms with Crippen molar-refractivity contribution in [3.8, 4) is 0 Å². The zero-order valence-corrected chi connectivity index (χ0v) is 11.4. The first-order valence-electron chi connectivity index (χ1n) is 5.86. The summed E-state index contributed by atoms with van der Waals surface area (Å²) < 4.78 is 13.6. The van der Waals surface area contributed by atoms with Crippen LogP contribution in [0.2, 0.25) is 5.02 Å². The molecule has 19 heavy (non-hydrogen) atoms. The Labute approximate surface area is 115 Å². The molecule has 5 heteroatoms. The standard InChI is InChI=1S/C14H14ClFN2O/c1-8-6-10(9(2)18-8)7-17-14(19)13-11(15)4-3-5-12(13)16/h3-6,18H,7H2,1-2H3,(H,17,19). The van der Waals surface area contributed by atoms with Crippen LogP contribution in [0.3, 0.4) is 0 Å². The van der Waals surface area contributed by atoms with Gasteiger partial charge in [0.2, 0.25) is 0 Å². The number of aryl methyl sites for hydroxylation is 2. The van der Waals surface area contributed by atoms with Gasteiger partial charge in [0, 0.05) is 17.9 Å². The van der Waals surface area contributed by atoms with Gasteiger partial charge >= 0.3 is 0 Å². The van der Waals surface area contributed by atoms with Crippen LogP contribution in [0.15, 0.2) is 24.3 Å². The van der Waals surface area contributed by atoms with E-state index in [0.29, 0.717) is 6.54 Å². The average Bonchev–Trinajstić information content (AvgIpc) is 2.65. The molecule has 0 bridgehead atoms. The molecule has 0 radical (unpaired) electrons. The summed E-state index contributed by atoms with van der Waals surface area (Å²) in [7, 11) is 0. The van der Waals surface area contributed by atoms with Crippen molar-refractivity contribution < 1.29 is 9.18 Å². The molecule has 0 unspecified atom stereocenters. The maximum atomic E-state index is 13.6. The molecule has 0 spiro atoms. The fraction of sp³-hybridized carbons (Fsp3) is 0.214. The molecular formula is C14H14ClFN2O. The number of aromatic amines is 1. The number of benzene rings is 1. The van der Waals surface area contributed by atoms with Crippen LogP contribution >= 0.6 is 11.6 Å². The Morgan fingerprint density at radius 1 is 1.42 bits per heavy atom. The summed E-state index contributed by atoms with van der Waals surface area (Å²) in [5.41, 5.74) is 2.86. The Hall–Kier alpha value is -1.81. The highest BCUT2D eigenvalue weighted by Crippen LogP contribution is 2.19. The third kappa shape index (κ3) is 2.96. The van der Waals surface area contributed by atoms with Crippen LogP contribution in [0.1, 0.15) is 27.3 Å². The molecule has 0 saturated carbocycles. The van der Waals surface area contributed by atoms with Crippen molar-refractivity contribution in [3.05, 3.63) is 57.6 Å². The summed E-state index contributed by atoms with van der Waals surface area (Å²) >= 11 is 5.83. The van der Waals surface area contributed by atoms with E-state index in [1.807, 2.05) is 19.9 Å². The lowest BCUT2D eigenvalue weighted by Crippen LogP contribution is -2.24. The number of carbonyl (C=O) groups excluding carboxylic acids is 1. The SMILES string of the molecule is Cc1cc(CNC(=O)c2c(F)cccc2Cl)c(C)[nH]1. The summed E-state index contributed by atoms with van der Waals surface area (Å²) in [6.45, 7) is 4.19. The number of amides is 1. The maximum absolute atomic E-state index is 13.6. The first-order chi connectivity index (χ1) is 8.99. The lowest BCUT2D eigenvalue weighted by atomic mass is 10.2. The van der Waals surface area contributed by atoms with Crippen LogP contribution in [0.4, 0.5) is 4.39 Å². The van der Waals surface area contributed by atoms with Crippen molar-refractivity contribution in [2.45, 2.75) is 20.4 Å². The highest BCUT2D eigenvalue weighted by atomic mass is 35.5. The molecule has 1 heterocycles. The summed E-state index contributed by atoms with van der Waals surface area (Å²) in [4.78, 5) is 15.1. The molecule has 0 aliphatic rings. The third-order valence-electron chi connectivity index (χ3n) is 2.89. The van der Waals surface area contributed by atoms with E-state index in [4.69, 9.17) is 11.6 Å². The van der Waals surface area contributed by atoms with Crippen LogP contribution in [0.5, 0.6) is 0 Å². The highest BCUT2D eigenvalue weighted by molar-refractivity contribution is 6.33. The van der Waals surface area contributed by atoms with Crippen LogP contribution in [-0.2, 0) is 6.54 Å². The van der Waals surface area contributed by atoms with Crippen molar-refractivity contribution in [3.63, 3.8) is 0 Å². The highest BCUT2D eigenvalue weighted by Gasteiger charge is 2.15. The van der Waals surface area contributed by atoms with Gasteiger partial charge in [0.1, 0.15) is 5.82 Å². The summed E-state index contributed by atoms with van der Waals surface area (Å²) in [6.07, 6.45) is 0. The van der Waals surface area contributed by atoms with E-state index in [0.717, 1.165) is 17.0 Å². The van der Waals surface area contributed by atoms with E-state index < -0.39 is 11.7 Å². The number of rotatable bonds is 3. The first-order valence-corrected chi connectivity index (χ1v) is 6.24. The summed E-state index contributed by atoms with van der Waals surface area (Å²) in [6, 6.07) is 6.12. The van der Waals surface area contributed by atoms with Gasteiger partial charge in [-0.1, -0.05) is 17.7 Å². The van der Waals surface area contributed by atoms with Crippen LogP contribution < -0.4 is 5.32 Å². The van der Waals surface area contributed by atoms with Crippen LogP contribution in [0.25, 0.3) is 0 Å². The van der Waals surface area contributed by atoms with Gasteiger partial charge in [0.05, 0.1) is 10.6 Å². The van der Waals surface area contributed by atoms with E-state index in [1.54, 1.807) is 0 Å². The fourth-order valence-corrected chi connectivity index (χ4v) is 2.19. The van der Waals surface area contributed by atoms with Gasteiger partial charge < -0.3 is 10.3 Å². The molecule has 2 N–H and O–H groups in total. The molecule has 0 aliphatic heterocycles. The number of hydrogen-bond acceptors (Lipinski definition) is 1. The Kier molecular flexibility index (Phi) is 3.90. The van der Waals surface area contributed by atoms with Gasteiger partial charge in [-0.3, -0.25) is 4.79 Å².